The number of methoxy groups -OCH3 is 2. The molecule has 1 aliphatic carbocycles. The molecule has 7 heteroatoms. The lowest BCUT2D eigenvalue weighted by molar-refractivity contribution is -0.117. The predicted octanol–water partition coefficient (Wildman–Crippen LogP) is 3.29. The van der Waals surface area contributed by atoms with E-state index in [1.165, 1.54) is 14.2 Å². The maximum Gasteiger partial charge on any atom is 0.340 e. The molecule has 0 spiro atoms. The van der Waals surface area contributed by atoms with Crippen molar-refractivity contribution >= 4 is 23.5 Å². The summed E-state index contributed by atoms with van der Waals surface area (Å²) in [7, 11) is 2.55. The highest BCUT2D eigenvalue weighted by Gasteiger charge is 2.30. The molecule has 0 atom stereocenters. The second-order valence-corrected chi connectivity index (χ2v) is 6.74. The van der Waals surface area contributed by atoms with Crippen molar-refractivity contribution < 1.29 is 23.9 Å². The Balaban J connectivity index is 2.19. The first-order chi connectivity index (χ1) is 13.4. The van der Waals surface area contributed by atoms with Crippen molar-refractivity contribution in [3.05, 3.63) is 46.8 Å². The number of ether oxygens (including phenoxy) is 2. The zero-order valence-electron chi connectivity index (χ0n) is 16.3. The fraction of sp³-hybridized carbons (Fsp3) is 0.333. The van der Waals surface area contributed by atoms with Crippen molar-refractivity contribution in [3.63, 3.8) is 0 Å². The lowest BCUT2D eigenvalue weighted by atomic mass is 9.92. The monoisotopic (exact) mass is 382 g/mol. The van der Waals surface area contributed by atoms with Gasteiger partial charge in [-0.1, -0.05) is 12.1 Å². The van der Waals surface area contributed by atoms with Crippen LogP contribution in [0.15, 0.2) is 24.3 Å². The molecule has 1 aliphatic rings. The third-order valence-electron chi connectivity index (χ3n) is 4.70. The first-order valence-corrected chi connectivity index (χ1v) is 8.96. The van der Waals surface area contributed by atoms with Crippen molar-refractivity contribution in [1.82, 2.24) is 4.98 Å². The number of esters is 2. The van der Waals surface area contributed by atoms with Gasteiger partial charge in [-0.05, 0) is 44.4 Å². The highest BCUT2D eigenvalue weighted by molar-refractivity contribution is 6.07. The molecule has 28 heavy (non-hydrogen) atoms. The maximum atomic E-state index is 12.5. The minimum atomic E-state index is -0.599. The molecule has 2 aromatic rings. The van der Waals surface area contributed by atoms with Gasteiger partial charge < -0.3 is 14.8 Å². The van der Waals surface area contributed by atoms with E-state index in [9.17, 15) is 14.4 Å². The molecule has 1 aromatic heterocycles. The minimum absolute atomic E-state index is 0.0272. The van der Waals surface area contributed by atoms with E-state index in [1.807, 2.05) is 0 Å². The lowest BCUT2D eigenvalue weighted by Gasteiger charge is -2.17. The van der Waals surface area contributed by atoms with Gasteiger partial charge in [0, 0.05) is 17.2 Å². The van der Waals surface area contributed by atoms with Gasteiger partial charge in [0.25, 0.3) is 0 Å². The van der Waals surface area contributed by atoms with E-state index in [4.69, 9.17) is 9.47 Å². The van der Waals surface area contributed by atoms with Crippen LogP contribution in [0.2, 0.25) is 0 Å². The van der Waals surface area contributed by atoms with E-state index in [0.29, 0.717) is 28.2 Å². The van der Waals surface area contributed by atoms with Gasteiger partial charge in [0.1, 0.15) is 0 Å². The number of nitrogens with one attached hydrogen (secondary N) is 1. The van der Waals surface area contributed by atoms with Crippen LogP contribution in [0.25, 0.3) is 11.1 Å². The van der Waals surface area contributed by atoms with Crippen LogP contribution in [-0.2, 0) is 14.3 Å². The number of hydrogen-bond acceptors (Lipinski definition) is 6. The largest absolute Gasteiger partial charge is 0.465 e. The van der Waals surface area contributed by atoms with Crippen LogP contribution in [0.3, 0.4) is 0 Å². The van der Waals surface area contributed by atoms with Crippen LogP contribution in [0.5, 0.6) is 0 Å². The summed E-state index contributed by atoms with van der Waals surface area (Å²) in [6, 6.07) is 7.01. The van der Waals surface area contributed by atoms with E-state index >= 15 is 0 Å². The summed E-state index contributed by atoms with van der Waals surface area (Å²) in [6.07, 6.45) is 1.79. The number of rotatable bonds is 5. The van der Waals surface area contributed by atoms with Gasteiger partial charge in [-0.15, -0.1) is 0 Å². The molecule has 7 nitrogen and oxygen atoms in total. The lowest BCUT2D eigenvalue weighted by Crippen LogP contribution is -2.16. The highest BCUT2D eigenvalue weighted by atomic mass is 16.5. The van der Waals surface area contributed by atoms with Gasteiger partial charge in [0.2, 0.25) is 5.91 Å². The number of anilines is 1. The second-order valence-electron chi connectivity index (χ2n) is 6.74. The fourth-order valence-electron chi connectivity index (χ4n) is 3.18. The Kier molecular flexibility index (Phi) is 5.44. The second kappa shape index (κ2) is 7.80. The van der Waals surface area contributed by atoms with E-state index in [2.05, 4.69) is 10.3 Å². The molecule has 0 bridgehead atoms. The van der Waals surface area contributed by atoms with E-state index in [-0.39, 0.29) is 23.0 Å². The smallest absolute Gasteiger partial charge is 0.340 e. The molecule has 0 unspecified atom stereocenters. The number of nitrogens with zero attached hydrogens (tertiary/aromatic N) is 1. The quantitative estimate of drug-likeness (QED) is 0.798. The summed E-state index contributed by atoms with van der Waals surface area (Å²) in [6.45, 7) is 3.37. The van der Waals surface area contributed by atoms with Gasteiger partial charge >= 0.3 is 11.9 Å². The summed E-state index contributed by atoms with van der Waals surface area (Å²) in [5, 5.41) is 2.88. The number of aromatic nitrogens is 1. The van der Waals surface area contributed by atoms with E-state index < -0.39 is 11.9 Å². The van der Waals surface area contributed by atoms with Crippen molar-refractivity contribution in [3.8, 4) is 11.1 Å². The van der Waals surface area contributed by atoms with Crippen molar-refractivity contribution in [1.29, 1.82) is 0 Å². The molecule has 0 radical (unpaired) electrons. The Morgan fingerprint density at radius 2 is 1.57 bits per heavy atom. The molecular weight excluding hydrogens is 360 g/mol. The normalized spacial score (nSPS) is 13.0. The van der Waals surface area contributed by atoms with Crippen molar-refractivity contribution in [2.45, 2.75) is 26.7 Å². The van der Waals surface area contributed by atoms with Gasteiger partial charge in [-0.25, -0.2) is 9.59 Å². The number of carbonyl (C=O) groups excluding carboxylic acids is 3. The minimum Gasteiger partial charge on any atom is -0.465 e. The van der Waals surface area contributed by atoms with Gasteiger partial charge in [0.15, 0.2) is 0 Å². The zero-order valence-corrected chi connectivity index (χ0v) is 16.3. The number of pyridine rings is 1. The van der Waals surface area contributed by atoms with Crippen LogP contribution in [0.4, 0.5) is 5.69 Å². The molecule has 0 saturated heterocycles. The van der Waals surface area contributed by atoms with Crippen LogP contribution in [0, 0.1) is 19.8 Å². The first kappa shape index (κ1) is 19.5. The molecule has 1 heterocycles. The molecular formula is C21H22N2O5. The Hall–Kier alpha value is -3.22. The predicted molar refractivity (Wildman–Crippen MR) is 103 cm³/mol. The van der Waals surface area contributed by atoms with Crippen LogP contribution < -0.4 is 5.32 Å². The SMILES string of the molecule is COC(=O)c1c(C)nc(C)c(C(=O)OC)c1-c1cccc(NC(=O)C2CC2)c1. The molecule has 146 valence electrons. The van der Waals surface area contributed by atoms with Crippen molar-refractivity contribution in [2.75, 3.05) is 19.5 Å². The number of carbonyl (C=O) groups is 3. The van der Waals surface area contributed by atoms with Gasteiger partial charge in [-0.2, -0.15) is 0 Å². The summed E-state index contributed by atoms with van der Waals surface area (Å²) < 4.78 is 9.84. The number of aryl methyl sites for hydroxylation is 2. The maximum absolute atomic E-state index is 12.5. The van der Waals surface area contributed by atoms with Gasteiger partial charge in [-0.3, -0.25) is 9.78 Å². The standard InChI is InChI=1S/C21H22N2O5/c1-11-16(20(25)27-3)18(17(12(2)22-11)21(26)28-4)14-6-5-7-15(10-14)23-19(24)13-8-9-13/h5-7,10,13H,8-9H2,1-4H3,(H,23,24). The third kappa shape index (κ3) is 3.74. The van der Waals surface area contributed by atoms with E-state index in [1.54, 1.807) is 38.1 Å². The summed E-state index contributed by atoms with van der Waals surface area (Å²) in [5.41, 5.74) is 2.83. The summed E-state index contributed by atoms with van der Waals surface area (Å²) in [5.74, 6) is -1.17. The molecule has 1 aromatic carbocycles. The zero-order chi connectivity index (χ0) is 20.4. The highest BCUT2D eigenvalue weighted by Crippen LogP contribution is 2.35. The van der Waals surface area contributed by atoms with Crippen LogP contribution >= 0.6 is 0 Å². The van der Waals surface area contributed by atoms with E-state index in [0.717, 1.165) is 12.8 Å². The molecule has 1 fully saturated rings. The molecule has 1 saturated carbocycles. The average Bonchev–Trinajstić information content (AvgIpc) is 3.52. The summed E-state index contributed by atoms with van der Waals surface area (Å²) >= 11 is 0. The Morgan fingerprint density at radius 3 is 2.07 bits per heavy atom. The van der Waals surface area contributed by atoms with Crippen LogP contribution in [0.1, 0.15) is 44.9 Å². The average molecular weight is 382 g/mol. The Labute approximate surface area is 163 Å². The molecule has 1 N–H and O–H groups in total. The fourth-order valence-corrected chi connectivity index (χ4v) is 3.18. The Bertz CT molecular complexity index is 923. The summed E-state index contributed by atoms with van der Waals surface area (Å²) in [4.78, 5) is 41.4. The number of benzene rings is 1. The Morgan fingerprint density at radius 1 is 1.00 bits per heavy atom. The topological polar surface area (TPSA) is 94.6 Å². The van der Waals surface area contributed by atoms with Gasteiger partial charge in [0.05, 0.1) is 36.7 Å². The molecule has 1 amide bonds. The number of amides is 1. The van der Waals surface area contributed by atoms with Crippen molar-refractivity contribution in [2.24, 2.45) is 5.92 Å². The number of hydrogen-bond donors (Lipinski definition) is 1. The van der Waals surface area contributed by atoms with Crippen LogP contribution in [-0.4, -0.2) is 37.0 Å². The molecule has 3 rings (SSSR count). The first-order valence-electron chi connectivity index (χ1n) is 8.96. The third-order valence-corrected chi connectivity index (χ3v) is 4.70. The molecule has 0 aliphatic heterocycles.